The lowest BCUT2D eigenvalue weighted by atomic mass is 9.53. The van der Waals surface area contributed by atoms with Gasteiger partial charge < -0.3 is 38.2 Å². The second-order valence-electron chi connectivity index (χ2n) is 17.5. The summed E-state index contributed by atoms with van der Waals surface area (Å²) in [7, 11) is 11.0. The molecule has 10 heteroatoms. The molecule has 0 unspecified atom stereocenters. The number of carbonyl (C=O) groups is 2. The van der Waals surface area contributed by atoms with Gasteiger partial charge in [-0.25, -0.2) is 0 Å². The van der Waals surface area contributed by atoms with Gasteiger partial charge in [0.25, 0.3) is 0 Å². The number of benzene rings is 2. The fraction of sp³-hybridized carbons (Fsp3) is 0.617. The molecule has 2 heterocycles. The fourth-order valence-electron chi connectivity index (χ4n) is 11.7. The minimum absolute atomic E-state index is 0.0772. The van der Waals surface area contributed by atoms with Crippen LogP contribution in [0.2, 0.25) is 0 Å². The molecule has 4 bridgehead atoms. The van der Waals surface area contributed by atoms with Crippen molar-refractivity contribution in [2.45, 2.75) is 106 Å². The zero-order valence-electron chi connectivity index (χ0n) is 35.0. The summed E-state index contributed by atoms with van der Waals surface area (Å²) in [6, 6.07) is 9.11. The van der Waals surface area contributed by atoms with E-state index in [4.69, 9.17) is 28.4 Å². The molecule has 0 spiro atoms. The van der Waals surface area contributed by atoms with Crippen LogP contribution in [-0.2, 0) is 42.7 Å². The summed E-state index contributed by atoms with van der Waals surface area (Å²) in [6.07, 6.45) is 16.3. The largest absolute Gasteiger partial charge is 0.493 e. The molecule has 2 aliphatic heterocycles. The standard InChI is InChI=1S/C47H62N2O8/c1-48-20-18-46-28-36(50)40(54-5)26-32(46)34(48)24-30-14-16-38(52-3)44(42(30)46)56-22-12-10-8-7-9-11-13-23-57-45-39(53-4)17-15-31-25-35-33-27-41(55-6)37(51)29-47(33,43(31)45)19-21-49(35)2/h14-17,26-27,32-35H,7-13,18-25,28-29H2,1-6H3/t32-,33-,34+,35+,46-,47-/m1/s1. The zero-order chi connectivity index (χ0) is 39.9. The Kier molecular flexibility index (Phi) is 11.4. The van der Waals surface area contributed by atoms with Gasteiger partial charge in [0.15, 0.2) is 46.1 Å². The number of hydrogen-bond acceptors (Lipinski definition) is 10. The summed E-state index contributed by atoms with van der Waals surface area (Å²) < 4.78 is 36.2. The van der Waals surface area contributed by atoms with Crippen LogP contribution in [0.25, 0.3) is 0 Å². The third kappa shape index (κ3) is 6.82. The second-order valence-corrected chi connectivity index (χ2v) is 17.5. The normalized spacial score (nSPS) is 28.9. The van der Waals surface area contributed by atoms with Crippen molar-refractivity contribution < 1.29 is 38.0 Å². The number of unbranched alkanes of at least 4 members (excludes halogenated alkanes) is 6. The van der Waals surface area contributed by atoms with Crippen molar-refractivity contribution in [3.63, 3.8) is 0 Å². The van der Waals surface area contributed by atoms with Crippen molar-refractivity contribution in [1.29, 1.82) is 0 Å². The molecule has 2 aromatic rings. The third-order valence-corrected chi connectivity index (χ3v) is 14.7. The number of piperidine rings is 2. The lowest BCUT2D eigenvalue weighted by Crippen LogP contribution is -2.60. The van der Waals surface area contributed by atoms with E-state index in [1.54, 1.807) is 28.4 Å². The molecule has 2 aromatic carbocycles. The first-order valence-corrected chi connectivity index (χ1v) is 21.3. The SMILES string of the molecule is COC1=C[C@@H]2[C@@H]3Cc4ccc(OC)c(OCCCCCCCCCOc5c(OC)ccc6c5[C@@]57CCN(C)[C@@H](C6)[C@H]5C=C(OC)C(=O)C7)c4[C@]2(CCN3C)CC1=O. The van der Waals surface area contributed by atoms with Crippen LogP contribution < -0.4 is 18.9 Å². The lowest BCUT2D eigenvalue weighted by Gasteiger charge is -2.56. The van der Waals surface area contributed by atoms with Gasteiger partial charge in [-0.05, 0) is 101 Å². The Morgan fingerprint density at radius 1 is 0.579 bits per heavy atom. The van der Waals surface area contributed by atoms with Crippen molar-refractivity contribution in [2.24, 2.45) is 11.8 Å². The van der Waals surface area contributed by atoms with Crippen LogP contribution in [0.3, 0.4) is 0 Å². The highest BCUT2D eigenvalue weighted by atomic mass is 16.5. The van der Waals surface area contributed by atoms with Gasteiger partial charge in [-0.2, -0.15) is 0 Å². The number of fused-ring (bicyclic) bond motifs is 2. The number of hydrogen-bond donors (Lipinski definition) is 0. The Hall–Kier alpha value is -4.02. The summed E-state index contributed by atoms with van der Waals surface area (Å²) in [5, 5.41) is 0. The van der Waals surface area contributed by atoms with Gasteiger partial charge in [-0.3, -0.25) is 9.59 Å². The van der Waals surface area contributed by atoms with Crippen molar-refractivity contribution in [1.82, 2.24) is 9.80 Å². The molecule has 4 aliphatic carbocycles. The number of methoxy groups -OCH3 is 4. The molecule has 0 saturated carbocycles. The third-order valence-electron chi connectivity index (χ3n) is 14.7. The maximum atomic E-state index is 13.3. The van der Waals surface area contributed by atoms with Gasteiger partial charge in [-0.1, -0.05) is 44.2 Å². The van der Waals surface area contributed by atoms with Crippen molar-refractivity contribution in [2.75, 3.05) is 68.8 Å². The van der Waals surface area contributed by atoms with E-state index < -0.39 is 0 Å². The maximum absolute atomic E-state index is 13.3. The van der Waals surface area contributed by atoms with Crippen LogP contribution in [0.4, 0.5) is 0 Å². The number of nitrogens with zero attached hydrogens (tertiary/aromatic N) is 2. The number of ketones is 2. The minimum atomic E-state index is -0.305. The van der Waals surface area contributed by atoms with Gasteiger partial charge in [-0.15, -0.1) is 0 Å². The number of rotatable bonds is 16. The highest BCUT2D eigenvalue weighted by Crippen LogP contribution is 2.59. The second kappa shape index (κ2) is 16.3. The topological polar surface area (TPSA) is 96.0 Å². The molecule has 10 nitrogen and oxygen atoms in total. The van der Waals surface area contributed by atoms with Gasteiger partial charge in [0.05, 0.1) is 41.7 Å². The number of Topliss-reactive ketones (excluding diaryl/α,β-unsaturated/α-hetero) is 2. The summed E-state index contributed by atoms with van der Waals surface area (Å²) in [4.78, 5) is 31.6. The Bertz CT molecular complexity index is 1790. The molecular weight excluding hydrogens is 721 g/mol. The Labute approximate surface area is 338 Å². The van der Waals surface area contributed by atoms with Crippen LogP contribution in [0, 0.1) is 11.8 Å². The molecule has 57 heavy (non-hydrogen) atoms. The predicted octanol–water partition coefficient (Wildman–Crippen LogP) is 7.13. The first-order chi connectivity index (χ1) is 27.7. The number of ether oxygens (including phenoxy) is 6. The molecular formula is C47H62N2O8. The molecule has 0 aromatic heterocycles. The van der Waals surface area contributed by atoms with E-state index in [2.05, 4.69) is 48.2 Å². The van der Waals surface area contributed by atoms with Crippen molar-refractivity contribution in [3.05, 3.63) is 70.2 Å². The zero-order valence-corrected chi connectivity index (χ0v) is 35.0. The first kappa shape index (κ1) is 39.8. The van der Waals surface area contributed by atoms with Crippen LogP contribution in [0.15, 0.2) is 47.9 Å². The Morgan fingerprint density at radius 3 is 1.37 bits per heavy atom. The maximum Gasteiger partial charge on any atom is 0.197 e. The van der Waals surface area contributed by atoms with Gasteiger partial charge in [0.2, 0.25) is 0 Å². The number of carbonyl (C=O) groups excluding carboxylic acids is 2. The smallest absolute Gasteiger partial charge is 0.197 e. The monoisotopic (exact) mass is 782 g/mol. The highest BCUT2D eigenvalue weighted by Gasteiger charge is 2.58. The van der Waals surface area contributed by atoms with Crippen molar-refractivity contribution in [3.8, 4) is 23.0 Å². The lowest BCUT2D eigenvalue weighted by molar-refractivity contribution is -0.123. The van der Waals surface area contributed by atoms with Crippen LogP contribution in [-0.4, -0.2) is 102 Å². The fourth-order valence-corrected chi connectivity index (χ4v) is 11.7. The van der Waals surface area contributed by atoms with Gasteiger partial charge in [0.1, 0.15) is 0 Å². The van der Waals surface area contributed by atoms with E-state index in [0.29, 0.717) is 49.7 Å². The number of likely N-dealkylation sites (N-methyl/N-ethyl adjacent to an activating group) is 2. The predicted molar refractivity (Wildman–Crippen MR) is 219 cm³/mol. The van der Waals surface area contributed by atoms with Gasteiger partial charge >= 0.3 is 0 Å². The molecule has 0 radical (unpaired) electrons. The van der Waals surface area contributed by atoms with Crippen LogP contribution in [0.1, 0.15) is 92.9 Å². The average molecular weight is 783 g/mol. The molecule has 308 valence electrons. The van der Waals surface area contributed by atoms with Gasteiger partial charge in [0, 0.05) is 58.7 Å². The van der Waals surface area contributed by atoms with E-state index in [-0.39, 0.29) is 34.2 Å². The first-order valence-electron chi connectivity index (χ1n) is 21.3. The molecule has 0 N–H and O–H groups in total. The van der Waals surface area contributed by atoms with E-state index >= 15 is 0 Å². The van der Waals surface area contributed by atoms with E-state index in [9.17, 15) is 9.59 Å². The molecule has 0 amide bonds. The molecule has 2 fully saturated rings. The summed E-state index contributed by atoms with van der Waals surface area (Å²) in [5.41, 5.74) is 4.31. The average Bonchev–Trinajstić information content (AvgIpc) is 3.21. The van der Waals surface area contributed by atoms with E-state index in [0.717, 1.165) is 100 Å². The number of likely N-dealkylation sites (tertiary alicyclic amines) is 2. The molecule has 6 atom stereocenters. The summed E-state index contributed by atoms with van der Waals surface area (Å²) >= 11 is 0. The summed E-state index contributed by atoms with van der Waals surface area (Å²) in [6.45, 7) is 3.14. The van der Waals surface area contributed by atoms with Crippen molar-refractivity contribution >= 4 is 11.6 Å². The quantitative estimate of drug-likeness (QED) is 0.164. The minimum Gasteiger partial charge on any atom is -0.493 e. The highest BCUT2D eigenvalue weighted by molar-refractivity contribution is 5.97. The Morgan fingerprint density at radius 2 is 0.982 bits per heavy atom. The van der Waals surface area contributed by atoms with E-state index in [1.165, 1.54) is 28.7 Å². The summed E-state index contributed by atoms with van der Waals surface area (Å²) in [5.74, 6) is 4.70. The molecule has 8 rings (SSSR count). The van der Waals surface area contributed by atoms with E-state index in [1.807, 2.05) is 12.1 Å². The van der Waals surface area contributed by atoms with Crippen LogP contribution >= 0.6 is 0 Å². The Balaban J connectivity index is 0.844. The van der Waals surface area contributed by atoms with Crippen LogP contribution in [0.5, 0.6) is 23.0 Å². The molecule has 6 aliphatic rings. The number of allylic oxidation sites excluding steroid dienone is 2. The molecule has 2 saturated heterocycles.